The number of rotatable bonds is 10. The first-order valence-electron chi connectivity index (χ1n) is 19.3. The van der Waals surface area contributed by atoms with Crippen molar-refractivity contribution in [2.45, 2.75) is 157 Å². The molecule has 0 aromatic heterocycles. The van der Waals surface area contributed by atoms with Gasteiger partial charge < -0.3 is 84.6 Å². The normalized spacial score (nSPS) is 51.9. The first kappa shape index (κ1) is 43.2. The minimum Gasteiger partial charge on any atom is -0.432 e. The Bertz CT molecular complexity index is 1350. The molecule has 0 aromatic rings. The van der Waals surface area contributed by atoms with E-state index >= 15 is 0 Å². The van der Waals surface area contributed by atoms with Gasteiger partial charge in [0.2, 0.25) is 6.29 Å². The van der Waals surface area contributed by atoms with Gasteiger partial charge in [-0.1, -0.05) is 25.5 Å². The third kappa shape index (κ3) is 7.65. The summed E-state index contributed by atoms with van der Waals surface area (Å²) in [5.74, 6) is -0.808. The first-order valence-corrected chi connectivity index (χ1v) is 19.3. The summed E-state index contributed by atoms with van der Waals surface area (Å²) in [6.07, 6.45) is -18.5. The number of esters is 1. The van der Waals surface area contributed by atoms with Crippen molar-refractivity contribution in [3.63, 3.8) is 0 Å². The number of carbonyl (C=O) groups excluding carboxylic acids is 1. The van der Waals surface area contributed by atoms with Gasteiger partial charge in [-0.3, -0.25) is 4.79 Å². The van der Waals surface area contributed by atoms with E-state index < -0.39 is 134 Å². The second-order valence-electron chi connectivity index (χ2n) is 17.2. The molecule has 0 spiro atoms. The summed E-state index contributed by atoms with van der Waals surface area (Å²) >= 11 is 0. The van der Waals surface area contributed by atoms with Gasteiger partial charge in [-0.05, 0) is 69.1 Å². The van der Waals surface area contributed by atoms with E-state index in [1.165, 1.54) is 0 Å². The van der Waals surface area contributed by atoms with Gasteiger partial charge in [-0.15, -0.1) is 0 Å². The Hall–Kier alpha value is -1.43. The van der Waals surface area contributed by atoms with Gasteiger partial charge in [0.05, 0.1) is 31.8 Å². The number of ether oxygens (including phenoxy) is 6. The Morgan fingerprint density at radius 1 is 0.691 bits per heavy atom. The number of allylic oxidation sites excluding steroid dienone is 1. The van der Waals surface area contributed by atoms with Crippen molar-refractivity contribution in [3.8, 4) is 0 Å². The predicted octanol–water partition coefficient (Wildman–Crippen LogP) is -3.08. The van der Waals surface area contributed by atoms with E-state index in [-0.39, 0.29) is 18.4 Å². The molecule has 0 bridgehead atoms. The zero-order valence-corrected chi connectivity index (χ0v) is 31.3. The van der Waals surface area contributed by atoms with E-state index in [4.69, 9.17) is 28.4 Å². The Morgan fingerprint density at radius 2 is 1.25 bits per heavy atom. The highest BCUT2D eigenvalue weighted by molar-refractivity contribution is 5.77. The largest absolute Gasteiger partial charge is 0.432 e. The molecule has 6 aliphatic rings. The summed E-state index contributed by atoms with van der Waals surface area (Å²) in [7, 11) is 0. The lowest BCUT2D eigenvalue weighted by Crippen LogP contribution is -2.65. The molecule has 0 aromatic carbocycles. The highest BCUT2D eigenvalue weighted by Crippen LogP contribution is 2.68. The summed E-state index contributed by atoms with van der Waals surface area (Å²) in [6.45, 7) is 6.30. The third-order valence-electron chi connectivity index (χ3n) is 13.9. The number of fused-ring (bicyclic) bond motifs is 3. The third-order valence-corrected chi connectivity index (χ3v) is 13.9. The molecule has 11 N–H and O–H groups in total. The Balaban J connectivity index is 1.19. The summed E-state index contributed by atoms with van der Waals surface area (Å²) in [5, 5.41) is 114. The topological polar surface area (TPSA) is 295 Å². The van der Waals surface area contributed by atoms with Gasteiger partial charge >= 0.3 is 5.97 Å². The molecule has 3 aliphatic heterocycles. The summed E-state index contributed by atoms with van der Waals surface area (Å²) in [6, 6.07) is 0. The lowest BCUT2D eigenvalue weighted by atomic mass is 9.40. The zero-order valence-electron chi connectivity index (χ0n) is 31.3. The molecule has 18 nitrogen and oxygen atoms in total. The summed E-state index contributed by atoms with van der Waals surface area (Å²) in [4.78, 5) is 14.1. The van der Waals surface area contributed by atoms with Crippen LogP contribution >= 0.6 is 0 Å². The lowest BCUT2D eigenvalue weighted by Gasteiger charge is -2.64. The lowest BCUT2D eigenvalue weighted by molar-refractivity contribution is -0.363. The molecule has 3 saturated carbocycles. The van der Waals surface area contributed by atoms with E-state index in [1.807, 2.05) is 6.92 Å². The summed E-state index contributed by atoms with van der Waals surface area (Å²) < 4.78 is 34.7. The van der Waals surface area contributed by atoms with Crippen LogP contribution in [0.5, 0.6) is 0 Å². The van der Waals surface area contributed by atoms with Crippen LogP contribution in [-0.4, -0.2) is 181 Å². The van der Waals surface area contributed by atoms with E-state index in [0.29, 0.717) is 32.1 Å². The van der Waals surface area contributed by atoms with Crippen LogP contribution in [0.3, 0.4) is 0 Å². The van der Waals surface area contributed by atoms with Gasteiger partial charge in [-0.2, -0.15) is 0 Å². The minimum atomic E-state index is -1.81. The fraction of sp³-hybridized carbons (Fsp3) is 0.919. The zero-order chi connectivity index (χ0) is 40.2. The average molecular weight is 793 g/mol. The number of carbonyl (C=O) groups is 1. The molecule has 0 amide bonds. The van der Waals surface area contributed by atoms with Crippen LogP contribution in [0.15, 0.2) is 12.2 Å². The monoisotopic (exact) mass is 792 g/mol. The van der Waals surface area contributed by atoms with Crippen molar-refractivity contribution in [3.05, 3.63) is 12.2 Å². The first-order chi connectivity index (χ1) is 26.0. The molecule has 18 heteroatoms. The second-order valence-corrected chi connectivity index (χ2v) is 17.2. The van der Waals surface area contributed by atoms with Gasteiger partial charge in [0.1, 0.15) is 73.2 Å². The Kier molecular flexibility index (Phi) is 13.1. The molecule has 3 heterocycles. The molecule has 20 atom stereocenters. The molecule has 3 aliphatic carbocycles. The molecule has 0 radical (unpaired) electrons. The fourth-order valence-electron chi connectivity index (χ4n) is 10.9. The van der Waals surface area contributed by atoms with Crippen LogP contribution in [0.4, 0.5) is 0 Å². The predicted molar refractivity (Wildman–Crippen MR) is 184 cm³/mol. The smallest absolute Gasteiger partial charge is 0.314 e. The SMILES string of the molecule is C=C1CC[C@@H]2[C@](COC3OC(CO)C(O)C(OC4OC(CO)C(O)C(O)C4O)C3O)(CCC3[C@](C)(C(=O)OC4OC(CO)C(O)C(O)C4O)CCC[C@]32C)C1. The van der Waals surface area contributed by atoms with Gasteiger partial charge in [-0.25, -0.2) is 0 Å². The van der Waals surface area contributed by atoms with Crippen molar-refractivity contribution in [2.24, 2.45) is 28.1 Å². The van der Waals surface area contributed by atoms with E-state index in [0.717, 1.165) is 24.8 Å². The van der Waals surface area contributed by atoms with Crippen LogP contribution in [0, 0.1) is 28.1 Å². The molecule has 316 valence electrons. The highest BCUT2D eigenvalue weighted by Gasteiger charge is 2.64. The summed E-state index contributed by atoms with van der Waals surface area (Å²) in [5.41, 5.74) is -0.953. The van der Waals surface area contributed by atoms with Crippen molar-refractivity contribution in [1.82, 2.24) is 0 Å². The number of hydrogen-bond acceptors (Lipinski definition) is 18. The number of hydrogen-bond donors (Lipinski definition) is 11. The standard InChI is InChI=1S/C37H60O18/c1-16-5-6-21-35(2)8-4-9-36(3,34(49)55-33-28(47)26(45)23(42)18(13-39)53-33)20(35)7-10-37(21,11-16)15-50-31-29(48)30(24(43)19(14-40)51-31)54-32-27(46)25(44)22(41)17(12-38)52-32/h17-33,38-48H,1,4-15H2,2-3H3/t17?,18?,19?,20?,21-,22?,23?,24?,25?,26?,27?,28?,29?,30?,31?,32?,33?,35+,36+,37+/m0/s1. The van der Waals surface area contributed by atoms with Crippen molar-refractivity contribution in [2.75, 3.05) is 26.4 Å². The fourth-order valence-corrected chi connectivity index (χ4v) is 10.9. The van der Waals surface area contributed by atoms with Gasteiger partial charge in [0.15, 0.2) is 12.6 Å². The maximum absolute atomic E-state index is 14.1. The Morgan fingerprint density at radius 3 is 1.87 bits per heavy atom. The van der Waals surface area contributed by atoms with E-state index in [1.54, 1.807) is 0 Å². The molecule has 55 heavy (non-hydrogen) atoms. The number of aliphatic hydroxyl groups is 11. The van der Waals surface area contributed by atoms with Crippen LogP contribution in [-0.2, 0) is 33.2 Å². The van der Waals surface area contributed by atoms with Gasteiger partial charge in [0, 0.05) is 5.41 Å². The van der Waals surface area contributed by atoms with Crippen LogP contribution in [0.25, 0.3) is 0 Å². The quantitative estimate of drug-likeness (QED) is 0.0772. The van der Waals surface area contributed by atoms with E-state index in [9.17, 15) is 61.0 Å². The number of aliphatic hydroxyl groups excluding tert-OH is 11. The molecule has 6 fully saturated rings. The minimum absolute atomic E-state index is 0.00920. The molecular weight excluding hydrogens is 732 g/mol. The second kappa shape index (κ2) is 16.7. The molecular formula is C37H60O18. The van der Waals surface area contributed by atoms with Crippen molar-refractivity contribution < 1.29 is 89.4 Å². The maximum Gasteiger partial charge on any atom is 0.314 e. The molecule has 6 rings (SSSR count). The van der Waals surface area contributed by atoms with Crippen LogP contribution < -0.4 is 0 Å². The Labute approximate surface area is 319 Å². The van der Waals surface area contributed by atoms with Crippen molar-refractivity contribution >= 4 is 5.97 Å². The maximum atomic E-state index is 14.1. The average Bonchev–Trinajstić information content (AvgIpc) is 3.15. The van der Waals surface area contributed by atoms with Gasteiger partial charge in [0.25, 0.3) is 0 Å². The van der Waals surface area contributed by atoms with Crippen LogP contribution in [0.2, 0.25) is 0 Å². The van der Waals surface area contributed by atoms with Crippen LogP contribution in [0.1, 0.15) is 65.2 Å². The van der Waals surface area contributed by atoms with E-state index in [2.05, 4.69) is 13.5 Å². The molecule has 3 saturated heterocycles. The highest BCUT2D eigenvalue weighted by atomic mass is 16.7. The van der Waals surface area contributed by atoms with Crippen molar-refractivity contribution in [1.29, 1.82) is 0 Å². The molecule has 16 unspecified atom stereocenters.